The number of urea groups is 1. The molecule has 0 saturated carbocycles. The lowest BCUT2D eigenvalue weighted by Gasteiger charge is -2.25. The van der Waals surface area contributed by atoms with Gasteiger partial charge in [-0.25, -0.2) is 4.79 Å². The second-order valence-corrected chi connectivity index (χ2v) is 9.14. The lowest BCUT2D eigenvalue weighted by Crippen LogP contribution is -2.40. The van der Waals surface area contributed by atoms with Gasteiger partial charge in [0.25, 0.3) is 0 Å². The Labute approximate surface area is 205 Å². The van der Waals surface area contributed by atoms with Crippen molar-refractivity contribution in [3.63, 3.8) is 0 Å². The van der Waals surface area contributed by atoms with Crippen LogP contribution in [0.4, 0.5) is 31.1 Å². The van der Waals surface area contributed by atoms with E-state index in [4.69, 9.17) is 0 Å². The number of benzene rings is 2. The Morgan fingerprint density at radius 2 is 1.60 bits per heavy atom. The fourth-order valence-electron chi connectivity index (χ4n) is 4.90. The molecule has 2 heterocycles. The van der Waals surface area contributed by atoms with Gasteiger partial charge >= 0.3 is 18.4 Å². The van der Waals surface area contributed by atoms with Crippen molar-refractivity contribution in [2.24, 2.45) is 5.41 Å². The Bertz CT molecular complexity index is 1030. The van der Waals surface area contributed by atoms with Gasteiger partial charge in [-0.15, -0.1) is 12.4 Å². The van der Waals surface area contributed by atoms with E-state index in [2.05, 4.69) is 22.3 Å². The summed E-state index contributed by atoms with van der Waals surface area (Å²) in [6, 6.07) is 11.0. The van der Waals surface area contributed by atoms with Crippen LogP contribution in [0.1, 0.15) is 35.1 Å². The predicted octanol–water partition coefficient (Wildman–Crippen LogP) is 5.95. The third kappa shape index (κ3) is 6.41. The second-order valence-electron chi connectivity index (χ2n) is 9.14. The number of alkyl halides is 6. The number of hydrogen-bond donors (Lipinski definition) is 1. The van der Waals surface area contributed by atoms with E-state index in [1.165, 1.54) is 5.56 Å². The van der Waals surface area contributed by atoms with Crippen molar-refractivity contribution in [3.05, 3.63) is 70.8 Å². The van der Waals surface area contributed by atoms with Gasteiger partial charge in [0.15, 0.2) is 0 Å². The van der Waals surface area contributed by atoms with Crippen molar-refractivity contribution in [3.8, 4) is 0 Å². The number of hydrogen-bond acceptors (Lipinski definition) is 2. The Morgan fingerprint density at radius 1 is 0.914 bits per heavy atom. The molecule has 2 aromatic rings. The van der Waals surface area contributed by atoms with Crippen molar-refractivity contribution < 1.29 is 31.1 Å². The van der Waals surface area contributed by atoms with Crippen LogP contribution in [0.5, 0.6) is 0 Å². The second kappa shape index (κ2) is 10.3. The first-order valence-corrected chi connectivity index (χ1v) is 11.0. The molecular formula is C24H26ClF6N3O. The summed E-state index contributed by atoms with van der Waals surface area (Å²) in [5, 5.41) is 2.46. The van der Waals surface area contributed by atoms with E-state index in [1.54, 1.807) is 4.90 Å². The molecule has 0 aliphatic carbocycles. The highest BCUT2D eigenvalue weighted by molar-refractivity contribution is 5.85. The number of nitrogens with zero attached hydrogens (tertiary/aromatic N) is 2. The molecule has 4 rings (SSSR count). The van der Waals surface area contributed by atoms with Gasteiger partial charge in [0.1, 0.15) is 0 Å². The summed E-state index contributed by atoms with van der Waals surface area (Å²) in [5.74, 6) is 0. The molecule has 0 radical (unpaired) electrons. The van der Waals surface area contributed by atoms with Crippen molar-refractivity contribution in [1.29, 1.82) is 0 Å². The minimum absolute atomic E-state index is 0. The van der Waals surface area contributed by atoms with Crippen LogP contribution in [0.15, 0.2) is 48.5 Å². The van der Waals surface area contributed by atoms with Gasteiger partial charge in [-0.1, -0.05) is 36.4 Å². The first kappa shape index (κ1) is 27.1. The van der Waals surface area contributed by atoms with Crippen LogP contribution in [-0.2, 0) is 25.4 Å². The molecule has 2 saturated heterocycles. The average Bonchev–Trinajstić information content (AvgIpc) is 3.37. The van der Waals surface area contributed by atoms with Gasteiger partial charge in [0.05, 0.1) is 11.1 Å². The highest BCUT2D eigenvalue weighted by Crippen LogP contribution is 2.40. The largest absolute Gasteiger partial charge is 0.416 e. The van der Waals surface area contributed by atoms with Gasteiger partial charge in [-0.05, 0) is 42.6 Å². The lowest BCUT2D eigenvalue weighted by molar-refractivity contribution is -0.143. The highest BCUT2D eigenvalue weighted by Gasteiger charge is 2.45. The van der Waals surface area contributed by atoms with Crippen LogP contribution in [0.3, 0.4) is 0 Å². The van der Waals surface area contributed by atoms with Crippen LogP contribution in [0, 0.1) is 5.41 Å². The van der Waals surface area contributed by atoms with Crippen molar-refractivity contribution in [2.75, 3.05) is 26.2 Å². The van der Waals surface area contributed by atoms with Crippen molar-refractivity contribution in [2.45, 2.75) is 38.3 Å². The zero-order valence-corrected chi connectivity index (χ0v) is 19.6. The molecule has 11 heteroatoms. The van der Waals surface area contributed by atoms with E-state index in [0.29, 0.717) is 19.2 Å². The fraction of sp³-hybridized carbons (Fsp3) is 0.458. The molecule has 4 nitrogen and oxygen atoms in total. The summed E-state index contributed by atoms with van der Waals surface area (Å²) in [4.78, 5) is 16.6. The Morgan fingerprint density at radius 3 is 2.26 bits per heavy atom. The zero-order valence-electron chi connectivity index (χ0n) is 18.8. The number of nitrogens with one attached hydrogen (secondary N) is 1. The molecule has 0 bridgehead atoms. The summed E-state index contributed by atoms with van der Waals surface area (Å²) in [5.41, 5.74) is -2.01. The van der Waals surface area contributed by atoms with Crippen LogP contribution in [0.2, 0.25) is 0 Å². The number of carbonyl (C=O) groups excluding carboxylic acids is 1. The maximum absolute atomic E-state index is 13.3. The van der Waals surface area contributed by atoms with Gasteiger partial charge in [-0.2, -0.15) is 26.3 Å². The van der Waals surface area contributed by atoms with Gasteiger partial charge in [0, 0.05) is 38.1 Å². The summed E-state index contributed by atoms with van der Waals surface area (Å²) in [6.07, 6.45) is -8.12. The minimum Gasteiger partial charge on any atom is -0.334 e. The van der Waals surface area contributed by atoms with E-state index in [9.17, 15) is 31.1 Å². The summed E-state index contributed by atoms with van der Waals surface area (Å²) in [6.45, 7) is 3.05. The number of amides is 2. The summed E-state index contributed by atoms with van der Waals surface area (Å²) >= 11 is 0. The molecule has 1 unspecified atom stereocenters. The first-order chi connectivity index (χ1) is 16.0. The van der Waals surface area contributed by atoms with E-state index in [0.717, 1.165) is 38.5 Å². The molecule has 1 spiro atoms. The first-order valence-electron chi connectivity index (χ1n) is 11.0. The minimum atomic E-state index is -4.97. The average molecular weight is 522 g/mol. The van der Waals surface area contributed by atoms with E-state index in [1.807, 2.05) is 18.2 Å². The standard InChI is InChI=1S/C24H25F6N3O.ClH/c25-23(26,27)19-7-6-18(20(12-19)24(28,29)30)13-31-21(34)33-11-9-22(16-33)8-10-32(15-22)14-17-4-2-1-3-5-17;/h1-7,12H,8-11,13-16H2,(H,31,34);1H. The number of halogens is 7. The van der Waals surface area contributed by atoms with Gasteiger partial charge < -0.3 is 10.2 Å². The van der Waals surface area contributed by atoms with E-state index >= 15 is 0 Å². The van der Waals surface area contributed by atoms with Crippen LogP contribution >= 0.6 is 12.4 Å². The number of carbonyl (C=O) groups is 1. The molecule has 2 aromatic carbocycles. The summed E-state index contributed by atoms with van der Waals surface area (Å²) < 4.78 is 78.6. The maximum Gasteiger partial charge on any atom is 0.416 e. The zero-order chi connectivity index (χ0) is 24.6. The molecule has 0 aromatic heterocycles. The monoisotopic (exact) mass is 521 g/mol. The molecule has 2 aliphatic heterocycles. The Balaban J connectivity index is 0.00000342. The fourth-order valence-corrected chi connectivity index (χ4v) is 4.90. The van der Waals surface area contributed by atoms with Gasteiger partial charge in [0.2, 0.25) is 0 Å². The highest BCUT2D eigenvalue weighted by atomic mass is 35.5. The molecule has 192 valence electrons. The number of likely N-dealkylation sites (tertiary alicyclic amines) is 2. The van der Waals surface area contributed by atoms with Crippen LogP contribution in [-0.4, -0.2) is 42.0 Å². The smallest absolute Gasteiger partial charge is 0.334 e. The topological polar surface area (TPSA) is 35.6 Å². The maximum atomic E-state index is 13.3. The van der Waals surface area contributed by atoms with Crippen LogP contribution in [0.25, 0.3) is 0 Å². The normalized spacial score (nSPS) is 20.8. The van der Waals surface area contributed by atoms with E-state index in [-0.39, 0.29) is 23.9 Å². The lowest BCUT2D eigenvalue weighted by atomic mass is 9.86. The third-order valence-electron chi connectivity index (χ3n) is 6.66. The Hall–Kier alpha value is -2.46. The third-order valence-corrected chi connectivity index (χ3v) is 6.66. The molecular weight excluding hydrogens is 496 g/mol. The van der Waals surface area contributed by atoms with E-state index < -0.39 is 41.6 Å². The SMILES string of the molecule is Cl.O=C(NCc1ccc(C(F)(F)F)cc1C(F)(F)F)N1CCC2(CCN(Cc3ccccc3)C2)C1. The number of rotatable bonds is 4. The summed E-state index contributed by atoms with van der Waals surface area (Å²) in [7, 11) is 0. The molecule has 2 fully saturated rings. The molecule has 2 aliphatic rings. The molecule has 1 N–H and O–H groups in total. The van der Waals surface area contributed by atoms with Crippen molar-refractivity contribution in [1.82, 2.24) is 15.1 Å². The Kier molecular flexibility index (Phi) is 7.96. The molecule has 35 heavy (non-hydrogen) atoms. The quantitative estimate of drug-likeness (QED) is 0.504. The van der Waals surface area contributed by atoms with Crippen molar-refractivity contribution >= 4 is 18.4 Å². The molecule has 1 atom stereocenters. The van der Waals surface area contributed by atoms with Gasteiger partial charge in [-0.3, -0.25) is 4.90 Å². The van der Waals surface area contributed by atoms with Crippen LogP contribution < -0.4 is 5.32 Å². The predicted molar refractivity (Wildman–Crippen MR) is 121 cm³/mol. The molecule has 2 amide bonds.